The summed E-state index contributed by atoms with van der Waals surface area (Å²) in [6.07, 6.45) is 4.08. The first-order valence-corrected chi connectivity index (χ1v) is 13.4. The molecule has 5 atom stereocenters. The van der Waals surface area contributed by atoms with Crippen molar-refractivity contribution in [3.63, 3.8) is 0 Å². The van der Waals surface area contributed by atoms with Gasteiger partial charge in [-0.3, -0.25) is 14.4 Å². The van der Waals surface area contributed by atoms with E-state index >= 15 is 0 Å². The number of hydrogen-bond donors (Lipinski definition) is 4. The second-order valence-electron chi connectivity index (χ2n) is 9.97. The molecule has 2 saturated heterocycles. The molecular weight excluding hydrogens is 500 g/mol. The maximum absolute atomic E-state index is 11.7. The molecular formula is C26H42N2O10. The Kier molecular flexibility index (Phi) is 12.6. The Morgan fingerprint density at radius 1 is 0.921 bits per heavy atom. The van der Waals surface area contributed by atoms with Crippen LogP contribution < -0.4 is 10.6 Å². The van der Waals surface area contributed by atoms with E-state index in [1.165, 1.54) is 19.1 Å². The van der Waals surface area contributed by atoms with E-state index in [-0.39, 0.29) is 36.2 Å². The topological polar surface area (TPSA) is 162 Å². The third kappa shape index (κ3) is 9.08. The van der Waals surface area contributed by atoms with Gasteiger partial charge >= 0.3 is 0 Å². The summed E-state index contributed by atoms with van der Waals surface area (Å²) in [4.78, 5) is 34.7. The van der Waals surface area contributed by atoms with Crippen molar-refractivity contribution in [3.05, 3.63) is 12.2 Å². The van der Waals surface area contributed by atoms with Crippen LogP contribution in [0, 0.1) is 5.92 Å². The monoisotopic (exact) mass is 542 g/mol. The van der Waals surface area contributed by atoms with Crippen molar-refractivity contribution >= 4 is 17.6 Å². The van der Waals surface area contributed by atoms with Gasteiger partial charge in [0.25, 0.3) is 0 Å². The molecule has 2 aliphatic heterocycles. The highest BCUT2D eigenvalue weighted by Crippen LogP contribution is 2.42. The van der Waals surface area contributed by atoms with Gasteiger partial charge in [0.2, 0.25) is 11.8 Å². The first-order valence-electron chi connectivity index (χ1n) is 13.4. The van der Waals surface area contributed by atoms with Gasteiger partial charge in [0.1, 0.15) is 17.8 Å². The van der Waals surface area contributed by atoms with Crippen LogP contribution in [0.4, 0.5) is 0 Å². The maximum atomic E-state index is 11.7. The molecule has 0 spiro atoms. The van der Waals surface area contributed by atoms with Crippen LogP contribution in [-0.2, 0) is 38.1 Å². The number of fused-ring (bicyclic) bond motifs is 2. The molecule has 2 bridgehead atoms. The van der Waals surface area contributed by atoms with Crippen LogP contribution in [-0.4, -0.2) is 117 Å². The molecule has 0 unspecified atom stereocenters. The zero-order chi connectivity index (χ0) is 27.4. The lowest BCUT2D eigenvalue weighted by molar-refractivity contribution is -0.226. The van der Waals surface area contributed by atoms with Gasteiger partial charge in [-0.05, 0) is 31.8 Å². The van der Waals surface area contributed by atoms with Crippen LogP contribution in [0.15, 0.2) is 12.2 Å². The molecule has 38 heavy (non-hydrogen) atoms. The number of rotatable bonds is 18. The van der Waals surface area contributed by atoms with Gasteiger partial charge in [-0.25, -0.2) is 0 Å². The lowest BCUT2D eigenvalue weighted by atomic mass is 9.82. The van der Waals surface area contributed by atoms with E-state index in [1.807, 2.05) is 0 Å². The Hall–Kier alpha value is -1.93. The number of carbonyl (C=O) groups excluding carboxylic acids is 3. The van der Waals surface area contributed by atoms with Gasteiger partial charge in [0.05, 0.1) is 65.0 Å². The summed E-state index contributed by atoms with van der Waals surface area (Å²) in [5, 5.41) is 26.4. The first-order chi connectivity index (χ1) is 18.3. The van der Waals surface area contributed by atoms with Crippen LogP contribution in [0.3, 0.4) is 0 Å². The highest BCUT2D eigenvalue weighted by Gasteiger charge is 2.58. The van der Waals surface area contributed by atoms with Crippen LogP contribution >= 0.6 is 0 Å². The Morgan fingerprint density at radius 3 is 2.16 bits per heavy atom. The number of aliphatic hydroxyl groups is 2. The van der Waals surface area contributed by atoms with E-state index in [1.54, 1.807) is 0 Å². The van der Waals surface area contributed by atoms with Crippen LogP contribution in [0.5, 0.6) is 0 Å². The fourth-order valence-electron chi connectivity index (χ4n) is 4.81. The molecule has 3 aliphatic rings. The number of hydrogen-bond acceptors (Lipinski definition) is 10. The maximum Gasteiger partial charge on any atom is 0.244 e. The van der Waals surface area contributed by atoms with Gasteiger partial charge in [-0.2, -0.15) is 0 Å². The van der Waals surface area contributed by atoms with E-state index < -0.39 is 23.9 Å². The molecule has 12 heteroatoms. The molecule has 1 aliphatic carbocycles. The smallest absolute Gasteiger partial charge is 0.244 e. The second-order valence-corrected chi connectivity index (χ2v) is 9.97. The highest BCUT2D eigenvalue weighted by atomic mass is 16.6. The number of aliphatic hydroxyl groups excluding tert-OH is 2. The Balaban J connectivity index is 1.11. The summed E-state index contributed by atoms with van der Waals surface area (Å²) in [6, 6.07) is -0.630. The summed E-state index contributed by atoms with van der Waals surface area (Å²) in [5.41, 5.74) is -0.976. The summed E-state index contributed by atoms with van der Waals surface area (Å²) >= 11 is 0. The lowest BCUT2D eigenvalue weighted by Crippen LogP contribution is -2.65. The number of ether oxygens (including phenoxy) is 5. The number of nitrogens with one attached hydrogen (secondary N) is 2. The molecule has 0 aromatic carbocycles. The van der Waals surface area contributed by atoms with E-state index in [0.29, 0.717) is 65.6 Å². The third-order valence-corrected chi connectivity index (χ3v) is 7.15. The van der Waals surface area contributed by atoms with Gasteiger partial charge < -0.3 is 44.5 Å². The fraction of sp³-hybridized carbons (Fsp3) is 0.808. The Morgan fingerprint density at radius 2 is 1.55 bits per heavy atom. The highest BCUT2D eigenvalue weighted by molar-refractivity contribution is 5.99. The number of ketones is 1. The summed E-state index contributed by atoms with van der Waals surface area (Å²) in [5.74, 6) is -0.467. The standard InChI is InChI=1S/C26H42N2O10/c1-18(29)28-23-21-7-8-26(38-21,25(33)24(23)32)17-37-16-15-36-14-13-35-12-11-34-10-9-27-22(31)6-5-20(30)19-3-2-4-19/h5-6,19,21,23-25,32-33H,2-4,7-17H2,1H3,(H,27,31)(H,28,29)/b6-5+/t21-,23-,24-,25-,26-/m1/s1. The van der Waals surface area contributed by atoms with Crippen LogP contribution in [0.1, 0.15) is 39.0 Å². The zero-order valence-corrected chi connectivity index (χ0v) is 22.1. The SMILES string of the molecule is CC(=O)N[C@H]1[C@@H](O)[C@@H](O)[C@]2(COCCOCCOCCOCCNC(=O)/C=C/C(=O)C3CCC3)CC[C@H]1O2. The zero-order valence-electron chi connectivity index (χ0n) is 22.1. The van der Waals surface area contributed by atoms with Crippen molar-refractivity contribution < 1.29 is 48.3 Å². The minimum Gasteiger partial charge on any atom is -0.388 e. The molecule has 1 saturated carbocycles. The second kappa shape index (κ2) is 15.6. The average molecular weight is 543 g/mol. The van der Waals surface area contributed by atoms with Crippen LogP contribution in [0.25, 0.3) is 0 Å². The summed E-state index contributed by atoms with van der Waals surface area (Å²) in [7, 11) is 0. The van der Waals surface area contributed by atoms with Crippen molar-refractivity contribution in [1.29, 1.82) is 0 Å². The molecule has 12 nitrogen and oxygen atoms in total. The van der Waals surface area contributed by atoms with E-state index in [9.17, 15) is 24.6 Å². The fourth-order valence-corrected chi connectivity index (χ4v) is 4.81. The number of amides is 2. The van der Waals surface area contributed by atoms with Gasteiger partial charge in [-0.15, -0.1) is 0 Å². The minimum absolute atomic E-state index is 0.0244. The van der Waals surface area contributed by atoms with Crippen molar-refractivity contribution in [1.82, 2.24) is 10.6 Å². The predicted molar refractivity (Wildman–Crippen MR) is 134 cm³/mol. The number of allylic oxidation sites excluding steroid dienone is 1. The largest absolute Gasteiger partial charge is 0.388 e. The minimum atomic E-state index is -1.16. The Labute approximate surface area is 223 Å². The van der Waals surface area contributed by atoms with Crippen molar-refractivity contribution in [2.45, 2.75) is 69.0 Å². The molecule has 4 N–H and O–H groups in total. The summed E-state index contributed by atoms with van der Waals surface area (Å²) in [6.45, 7) is 4.38. The summed E-state index contributed by atoms with van der Waals surface area (Å²) < 4.78 is 27.9. The molecule has 2 amide bonds. The lowest BCUT2D eigenvalue weighted by Gasteiger charge is -2.44. The normalized spacial score (nSPS) is 28.8. The van der Waals surface area contributed by atoms with Gasteiger partial charge in [0, 0.05) is 25.5 Å². The van der Waals surface area contributed by atoms with Gasteiger partial charge in [0.15, 0.2) is 5.78 Å². The molecule has 3 rings (SSSR count). The van der Waals surface area contributed by atoms with E-state index in [4.69, 9.17) is 23.7 Å². The van der Waals surface area contributed by atoms with Crippen molar-refractivity contribution in [2.24, 2.45) is 5.92 Å². The molecule has 216 valence electrons. The van der Waals surface area contributed by atoms with Gasteiger partial charge in [-0.1, -0.05) is 6.42 Å². The predicted octanol–water partition coefficient (Wildman–Crippen LogP) is -0.748. The molecule has 0 radical (unpaired) electrons. The molecule has 0 aromatic heterocycles. The number of carbonyl (C=O) groups is 3. The molecule has 2 heterocycles. The van der Waals surface area contributed by atoms with E-state index in [0.717, 1.165) is 19.3 Å². The quantitative estimate of drug-likeness (QED) is 0.128. The molecule has 3 fully saturated rings. The average Bonchev–Trinajstić information content (AvgIpc) is 3.25. The third-order valence-electron chi connectivity index (χ3n) is 7.15. The first kappa shape index (κ1) is 30.6. The van der Waals surface area contributed by atoms with Crippen LogP contribution in [0.2, 0.25) is 0 Å². The van der Waals surface area contributed by atoms with Crippen molar-refractivity contribution in [3.8, 4) is 0 Å². The van der Waals surface area contributed by atoms with E-state index in [2.05, 4.69) is 10.6 Å². The van der Waals surface area contributed by atoms with Crippen molar-refractivity contribution in [2.75, 3.05) is 59.4 Å². The molecule has 0 aromatic rings. The Bertz CT molecular complexity index is 805.